The second kappa shape index (κ2) is 9.22. The summed E-state index contributed by atoms with van der Waals surface area (Å²) in [6, 6.07) is 14.4. The van der Waals surface area contributed by atoms with Crippen LogP contribution < -0.4 is 10.6 Å². The molecular formula is C22H16F4N2O2S. The molecule has 3 aromatic rings. The highest BCUT2D eigenvalue weighted by atomic mass is 32.2. The lowest BCUT2D eigenvalue weighted by atomic mass is 10.1. The summed E-state index contributed by atoms with van der Waals surface area (Å²) in [6.45, 7) is 0. The smallest absolute Gasteiger partial charge is 0.322 e. The summed E-state index contributed by atoms with van der Waals surface area (Å²) >= 11 is 1.47. The molecule has 4 nitrogen and oxygen atoms in total. The Morgan fingerprint density at radius 3 is 2.16 bits per heavy atom. The molecule has 0 atom stereocenters. The predicted molar refractivity (Wildman–Crippen MR) is 112 cm³/mol. The van der Waals surface area contributed by atoms with E-state index in [2.05, 4.69) is 10.6 Å². The molecule has 31 heavy (non-hydrogen) atoms. The first kappa shape index (κ1) is 22.4. The Labute approximate surface area is 179 Å². The van der Waals surface area contributed by atoms with Crippen LogP contribution in [0.2, 0.25) is 0 Å². The van der Waals surface area contributed by atoms with Crippen LogP contribution in [0.15, 0.2) is 71.6 Å². The number of rotatable bonds is 5. The second-order valence-electron chi connectivity index (χ2n) is 6.37. The first-order valence-corrected chi connectivity index (χ1v) is 10.1. The maximum atomic E-state index is 13.7. The minimum Gasteiger partial charge on any atom is -0.322 e. The van der Waals surface area contributed by atoms with E-state index in [0.29, 0.717) is 6.07 Å². The maximum absolute atomic E-state index is 13.7. The molecule has 2 amide bonds. The van der Waals surface area contributed by atoms with E-state index in [0.717, 1.165) is 17.0 Å². The highest BCUT2D eigenvalue weighted by Gasteiger charge is 2.34. The molecule has 0 fully saturated rings. The summed E-state index contributed by atoms with van der Waals surface area (Å²) in [5.74, 6) is -2.40. The zero-order valence-electron chi connectivity index (χ0n) is 16.1. The summed E-state index contributed by atoms with van der Waals surface area (Å²) < 4.78 is 54.5. The summed E-state index contributed by atoms with van der Waals surface area (Å²) in [5.41, 5.74) is -1.91. The maximum Gasteiger partial charge on any atom is 0.418 e. The summed E-state index contributed by atoms with van der Waals surface area (Å²) in [6.07, 6.45) is -2.94. The van der Waals surface area contributed by atoms with Gasteiger partial charge in [-0.1, -0.05) is 12.1 Å². The van der Waals surface area contributed by atoms with Crippen molar-refractivity contribution in [1.29, 1.82) is 0 Å². The standard InChI is InChI=1S/C22H16F4N2O2S/c1-31-15-9-6-13(7-10-15)20(29)28-19-11-8-14(12-17(19)22(24,25)26)27-21(30)16-4-2-3-5-18(16)23/h2-12H,1H3,(H,27,30)(H,28,29). The van der Waals surface area contributed by atoms with Crippen LogP contribution in [0.25, 0.3) is 0 Å². The van der Waals surface area contributed by atoms with E-state index >= 15 is 0 Å². The van der Waals surface area contributed by atoms with Crippen molar-refractivity contribution >= 4 is 35.0 Å². The van der Waals surface area contributed by atoms with Gasteiger partial charge < -0.3 is 10.6 Å². The molecule has 0 heterocycles. The fraction of sp³-hybridized carbons (Fsp3) is 0.0909. The van der Waals surface area contributed by atoms with Gasteiger partial charge in [0.05, 0.1) is 16.8 Å². The van der Waals surface area contributed by atoms with Gasteiger partial charge >= 0.3 is 6.18 Å². The van der Waals surface area contributed by atoms with Crippen molar-refractivity contribution in [2.24, 2.45) is 0 Å². The lowest BCUT2D eigenvalue weighted by molar-refractivity contribution is -0.136. The van der Waals surface area contributed by atoms with Crippen LogP contribution in [0.5, 0.6) is 0 Å². The van der Waals surface area contributed by atoms with Crippen LogP contribution in [0, 0.1) is 5.82 Å². The number of thioether (sulfide) groups is 1. The fourth-order valence-corrected chi connectivity index (χ4v) is 3.15. The van der Waals surface area contributed by atoms with Crippen LogP contribution in [-0.2, 0) is 6.18 Å². The molecule has 0 aromatic heterocycles. The van der Waals surface area contributed by atoms with Gasteiger partial charge in [-0.05, 0) is 60.9 Å². The molecule has 0 spiro atoms. The van der Waals surface area contributed by atoms with Crippen LogP contribution in [-0.4, -0.2) is 18.1 Å². The molecular weight excluding hydrogens is 432 g/mol. The predicted octanol–water partition coefficient (Wildman–Crippen LogP) is 6.07. The fourth-order valence-electron chi connectivity index (χ4n) is 2.75. The molecule has 0 saturated carbocycles. The van der Waals surface area contributed by atoms with Crippen molar-refractivity contribution in [3.8, 4) is 0 Å². The topological polar surface area (TPSA) is 58.2 Å². The Morgan fingerprint density at radius 1 is 0.871 bits per heavy atom. The van der Waals surface area contributed by atoms with Crippen molar-refractivity contribution in [3.05, 3.63) is 89.2 Å². The van der Waals surface area contributed by atoms with E-state index in [1.54, 1.807) is 12.1 Å². The SMILES string of the molecule is CSc1ccc(C(=O)Nc2ccc(NC(=O)c3ccccc3F)cc2C(F)(F)F)cc1. The molecule has 2 N–H and O–H groups in total. The quantitative estimate of drug-likeness (QED) is 0.368. The number of halogens is 4. The molecule has 0 bridgehead atoms. The van der Waals surface area contributed by atoms with Crippen LogP contribution in [0.3, 0.4) is 0 Å². The van der Waals surface area contributed by atoms with Gasteiger partial charge in [0.2, 0.25) is 0 Å². The Bertz CT molecular complexity index is 1120. The molecule has 0 radical (unpaired) electrons. The number of alkyl halides is 3. The minimum atomic E-state index is -4.80. The van der Waals surface area contributed by atoms with E-state index in [4.69, 9.17) is 0 Å². The van der Waals surface area contributed by atoms with Gasteiger partial charge in [0.25, 0.3) is 11.8 Å². The molecule has 160 valence electrons. The lowest BCUT2D eigenvalue weighted by Crippen LogP contribution is -2.18. The van der Waals surface area contributed by atoms with E-state index in [9.17, 15) is 27.2 Å². The van der Waals surface area contributed by atoms with Gasteiger partial charge in [-0.2, -0.15) is 13.2 Å². The molecule has 3 rings (SSSR count). The van der Waals surface area contributed by atoms with Crippen molar-refractivity contribution in [2.75, 3.05) is 16.9 Å². The molecule has 9 heteroatoms. The number of benzene rings is 3. The van der Waals surface area contributed by atoms with E-state index in [-0.39, 0.29) is 16.8 Å². The van der Waals surface area contributed by atoms with Crippen molar-refractivity contribution < 1.29 is 27.2 Å². The monoisotopic (exact) mass is 448 g/mol. The van der Waals surface area contributed by atoms with Gasteiger partial charge in [-0.15, -0.1) is 11.8 Å². The lowest BCUT2D eigenvalue weighted by Gasteiger charge is -2.16. The van der Waals surface area contributed by atoms with Crippen molar-refractivity contribution in [3.63, 3.8) is 0 Å². The van der Waals surface area contributed by atoms with E-state index in [1.165, 1.54) is 48.2 Å². The summed E-state index contributed by atoms with van der Waals surface area (Å²) in [7, 11) is 0. The van der Waals surface area contributed by atoms with Crippen molar-refractivity contribution in [1.82, 2.24) is 0 Å². The summed E-state index contributed by atoms with van der Waals surface area (Å²) in [5, 5.41) is 4.50. The van der Waals surface area contributed by atoms with Gasteiger partial charge in [0, 0.05) is 16.1 Å². The number of carbonyl (C=O) groups excluding carboxylic acids is 2. The first-order valence-electron chi connectivity index (χ1n) is 8.91. The van der Waals surface area contributed by atoms with Crippen LogP contribution >= 0.6 is 11.8 Å². The zero-order chi connectivity index (χ0) is 22.6. The largest absolute Gasteiger partial charge is 0.418 e. The Balaban J connectivity index is 1.85. The van der Waals surface area contributed by atoms with Gasteiger partial charge in [0.1, 0.15) is 5.82 Å². The number of carbonyl (C=O) groups is 2. The van der Waals surface area contributed by atoms with E-state index in [1.807, 2.05) is 6.26 Å². The Hall–Kier alpha value is -3.33. The second-order valence-corrected chi connectivity index (χ2v) is 7.25. The van der Waals surface area contributed by atoms with Gasteiger partial charge in [-0.3, -0.25) is 9.59 Å². The number of hydrogen-bond acceptors (Lipinski definition) is 3. The zero-order valence-corrected chi connectivity index (χ0v) is 16.9. The molecule has 3 aromatic carbocycles. The molecule has 0 unspecified atom stereocenters. The minimum absolute atomic E-state index is 0.192. The third-order valence-electron chi connectivity index (χ3n) is 4.30. The first-order chi connectivity index (χ1) is 14.7. The average molecular weight is 448 g/mol. The number of hydrogen-bond donors (Lipinski definition) is 2. The highest BCUT2D eigenvalue weighted by molar-refractivity contribution is 7.98. The number of nitrogens with one attached hydrogen (secondary N) is 2. The molecule has 0 aliphatic rings. The number of anilines is 2. The normalized spacial score (nSPS) is 11.1. The van der Waals surface area contributed by atoms with Gasteiger partial charge in [-0.25, -0.2) is 4.39 Å². The Kier molecular flexibility index (Phi) is 6.65. The Morgan fingerprint density at radius 2 is 1.55 bits per heavy atom. The highest BCUT2D eigenvalue weighted by Crippen LogP contribution is 2.37. The third kappa shape index (κ3) is 5.43. The molecule has 0 aliphatic heterocycles. The van der Waals surface area contributed by atoms with Gasteiger partial charge in [0.15, 0.2) is 0 Å². The van der Waals surface area contributed by atoms with Crippen molar-refractivity contribution in [2.45, 2.75) is 11.1 Å². The third-order valence-corrected chi connectivity index (χ3v) is 5.05. The van der Waals surface area contributed by atoms with Crippen LogP contribution in [0.4, 0.5) is 28.9 Å². The molecule has 0 saturated heterocycles. The molecule has 0 aliphatic carbocycles. The number of amides is 2. The summed E-state index contributed by atoms with van der Waals surface area (Å²) in [4.78, 5) is 25.5. The average Bonchev–Trinajstić information content (AvgIpc) is 2.74. The van der Waals surface area contributed by atoms with Crippen LogP contribution in [0.1, 0.15) is 26.3 Å². The van der Waals surface area contributed by atoms with E-state index < -0.39 is 35.1 Å².